The monoisotopic (exact) mass is 323 g/mol. The van der Waals surface area contributed by atoms with Crippen LogP contribution < -0.4 is 10.9 Å². The van der Waals surface area contributed by atoms with E-state index in [2.05, 4.69) is 17.4 Å². The van der Waals surface area contributed by atoms with E-state index < -0.39 is 0 Å². The molecule has 1 aromatic heterocycles. The minimum absolute atomic E-state index is 0.240. The van der Waals surface area contributed by atoms with Crippen molar-refractivity contribution in [3.63, 3.8) is 0 Å². The Morgan fingerprint density at radius 3 is 2.42 bits per heavy atom. The van der Waals surface area contributed by atoms with Crippen molar-refractivity contribution in [2.24, 2.45) is 17.8 Å². The molecule has 4 bridgehead atoms. The van der Waals surface area contributed by atoms with Crippen LogP contribution >= 0.6 is 0 Å². The van der Waals surface area contributed by atoms with Crippen LogP contribution in [0.5, 0.6) is 0 Å². The van der Waals surface area contributed by atoms with Crippen molar-refractivity contribution < 1.29 is 4.42 Å². The van der Waals surface area contributed by atoms with Gasteiger partial charge in [0.15, 0.2) is 0 Å². The highest BCUT2D eigenvalue weighted by molar-refractivity contribution is 5.80. The van der Waals surface area contributed by atoms with E-state index in [0.29, 0.717) is 11.1 Å². The number of hydrogen-bond donors (Lipinski definition) is 1. The summed E-state index contributed by atoms with van der Waals surface area (Å²) in [5, 5.41) is 4.96. The van der Waals surface area contributed by atoms with E-state index in [1.807, 2.05) is 13.0 Å². The summed E-state index contributed by atoms with van der Waals surface area (Å²) in [4.78, 5) is 11.9. The molecule has 0 aliphatic heterocycles. The maximum atomic E-state index is 11.9. The number of nitrogens with one attached hydrogen (secondary N) is 1. The van der Waals surface area contributed by atoms with Crippen LogP contribution in [0.4, 0.5) is 0 Å². The lowest BCUT2D eigenvalue weighted by Gasteiger charge is -2.57. The predicted molar refractivity (Wildman–Crippen MR) is 95.0 cm³/mol. The van der Waals surface area contributed by atoms with Gasteiger partial charge in [0.05, 0.1) is 0 Å². The molecule has 6 rings (SSSR count). The van der Waals surface area contributed by atoms with Crippen molar-refractivity contribution in [2.75, 3.05) is 0 Å². The van der Waals surface area contributed by atoms with Crippen molar-refractivity contribution >= 4 is 11.0 Å². The lowest BCUT2D eigenvalue weighted by atomic mass is 9.53. The van der Waals surface area contributed by atoms with Crippen LogP contribution in [0.1, 0.15) is 49.7 Å². The molecule has 0 unspecified atom stereocenters. The third kappa shape index (κ3) is 2.41. The van der Waals surface area contributed by atoms with E-state index in [9.17, 15) is 4.79 Å². The SMILES string of the molecule is Cc1ccc2c(CNC34CC5CC(CC(C5)C3)C4)cc(=O)oc2c1. The van der Waals surface area contributed by atoms with Gasteiger partial charge in [-0.3, -0.25) is 0 Å². The summed E-state index contributed by atoms with van der Waals surface area (Å²) in [7, 11) is 0. The van der Waals surface area contributed by atoms with Crippen LogP contribution in [0.25, 0.3) is 11.0 Å². The van der Waals surface area contributed by atoms with E-state index in [0.717, 1.165) is 40.8 Å². The van der Waals surface area contributed by atoms with Gasteiger partial charge >= 0.3 is 5.63 Å². The molecular formula is C21H25NO2. The van der Waals surface area contributed by atoms with Crippen molar-refractivity contribution in [2.45, 2.75) is 57.5 Å². The van der Waals surface area contributed by atoms with Crippen LogP contribution in [0.2, 0.25) is 0 Å². The standard InChI is InChI=1S/C21H25NO2/c1-13-2-3-18-17(8-20(23)24-19(18)4-13)12-22-21-9-14-5-15(10-21)7-16(6-14)11-21/h2-4,8,14-16,22H,5-7,9-12H2,1H3. The lowest BCUT2D eigenvalue weighted by molar-refractivity contribution is -0.0205. The summed E-state index contributed by atoms with van der Waals surface area (Å²) in [6.07, 6.45) is 8.36. The van der Waals surface area contributed by atoms with Gasteiger partial charge in [-0.15, -0.1) is 0 Å². The van der Waals surface area contributed by atoms with Gasteiger partial charge in [0, 0.05) is 23.5 Å². The zero-order valence-corrected chi connectivity index (χ0v) is 14.3. The summed E-state index contributed by atoms with van der Waals surface area (Å²) in [5.74, 6) is 2.80. The third-order valence-corrected chi connectivity index (χ3v) is 6.68. The average molecular weight is 323 g/mol. The second kappa shape index (κ2) is 5.19. The molecule has 24 heavy (non-hydrogen) atoms. The fraction of sp³-hybridized carbons (Fsp3) is 0.571. The van der Waals surface area contributed by atoms with Crippen molar-refractivity contribution in [3.05, 3.63) is 45.8 Å². The van der Waals surface area contributed by atoms with E-state index in [1.165, 1.54) is 38.5 Å². The Hall–Kier alpha value is -1.61. The highest BCUT2D eigenvalue weighted by Crippen LogP contribution is 2.55. The minimum atomic E-state index is -0.240. The second-order valence-corrected chi connectivity index (χ2v) is 8.64. The summed E-state index contributed by atoms with van der Waals surface area (Å²) >= 11 is 0. The van der Waals surface area contributed by atoms with Gasteiger partial charge in [0.2, 0.25) is 0 Å². The fourth-order valence-corrected chi connectivity index (χ4v) is 6.09. The largest absolute Gasteiger partial charge is 0.423 e. The molecule has 0 atom stereocenters. The normalized spacial score (nSPS) is 34.1. The molecule has 0 amide bonds. The van der Waals surface area contributed by atoms with Gasteiger partial charge in [-0.2, -0.15) is 0 Å². The lowest BCUT2D eigenvalue weighted by Crippen LogP contribution is -2.58. The Morgan fingerprint density at radius 2 is 1.75 bits per heavy atom. The van der Waals surface area contributed by atoms with Crippen molar-refractivity contribution in [1.82, 2.24) is 5.32 Å². The van der Waals surface area contributed by atoms with Gasteiger partial charge in [0.1, 0.15) is 5.58 Å². The average Bonchev–Trinajstić information content (AvgIpc) is 2.51. The molecule has 3 heteroatoms. The van der Waals surface area contributed by atoms with E-state index >= 15 is 0 Å². The van der Waals surface area contributed by atoms with E-state index in [1.54, 1.807) is 6.07 Å². The summed E-state index contributed by atoms with van der Waals surface area (Å²) < 4.78 is 5.40. The molecule has 3 nitrogen and oxygen atoms in total. The van der Waals surface area contributed by atoms with Crippen molar-refractivity contribution in [3.8, 4) is 0 Å². The van der Waals surface area contributed by atoms with E-state index in [4.69, 9.17) is 4.42 Å². The second-order valence-electron chi connectivity index (χ2n) is 8.64. The predicted octanol–water partition coefficient (Wildman–Crippen LogP) is 4.16. The van der Waals surface area contributed by atoms with Gasteiger partial charge < -0.3 is 9.73 Å². The molecule has 0 saturated heterocycles. The summed E-state index contributed by atoms with van der Waals surface area (Å²) in [6, 6.07) is 7.82. The molecule has 4 saturated carbocycles. The molecule has 2 aromatic rings. The van der Waals surface area contributed by atoms with E-state index in [-0.39, 0.29) is 5.63 Å². The highest BCUT2D eigenvalue weighted by atomic mass is 16.4. The van der Waals surface area contributed by atoms with Crippen LogP contribution in [-0.2, 0) is 6.54 Å². The molecule has 4 aliphatic carbocycles. The summed E-state index contributed by atoms with van der Waals surface area (Å²) in [5.41, 5.74) is 3.00. The van der Waals surface area contributed by atoms with Gasteiger partial charge in [-0.25, -0.2) is 4.79 Å². The third-order valence-electron chi connectivity index (χ3n) is 6.68. The first-order chi connectivity index (χ1) is 11.6. The first-order valence-electron chi connectivity index (χ1n) is 9.37. The number of aryl methyl sites for hydroxylation is 1. The van der Waals surface area contributed by atoms with Crippen LogP contribution in [0.15, 0.2) is 33.5 Å². The Bertz CT molecular complexity index is 815. The number of rotatable bonds is 3. The maximum Gasteiger partial charge on any atom is 0.336 e. The minimum Gasteiger partial charge on any atom is -0.423 e. The summed E-state index contributed by atoms with van der Waals surface area (Å²) in [6.45, 7) is 2.80. The quantitative estimate of drug-likeness (QED) is 0.863. The topological polar surface area (TPSA) is 42.2 Å². The van der Waals surface area contributed by atoms with Crippen LogP contribution in [-0.4, -0.2) is 5.54 Å². The fourth-order valence-electron chi connectivity index (χ4n) is 6.09. The smallest absolute Gasteiger partial charge is 0.336 e. The molecule has 1 heterocycles. The zero-order valence-electron chi connectivity index (χ0n) is 14.3. The Morgan fingerprint density at radius 1 is 1.08 bits per heavy atom. The molecular weight excluding hydrogens is 298 g/mol. The first kappa shape index (κ1) is 14.7. The molecule has 1 N–H and O–H groups in total. The Labute approximate surface area is 142 Å². The number of hydrogen-bond acceptors (Lipinski definition) is 3. The molecule has 126 valence electrons. The van der Waals surface area contributed by atoms with Crippen molar-refractivity contribution in [1.29, 1.82) is 0 Å². The zero-order chi connectivity index (χ0) is 16.3. The molecule has 0 spiro atoms. The Balaban J connectivity index is 1.44. The highest BCUT2D eigenvalue weighted by Gasteiger charge is 2.50. The molecule has 1 aromatic carbocycles. The molecule has 4 fully saturated rings. The van der Waals surface area contributed by atoms with Gasteiger partial charge in [0.25, 0.3) is 0 Å². The van der Waals surface area contributed by atoms with Crippen LogP contribution in [0, 0.1) is 24.7 Å². The molecule has 0 radical (unpaired) electrons. The Kier molecular flexibility index (Phi) is 3.18. The number of fused-ring (bicyclic) bond motifs is 1. The van der Waals surface area contributed by atoms with Gasteiger partial charge in [-0.1, -0.05) is 12.1 Å². The molecule has 4 aliphatic rings. The number of benzene rings is 1. The van der Waals surface area contributed by atoms with Crippen LogP contribution in [0.3, 0.4) is 0 Å². The first-order valence-corrected chi connectivity index (χ1v) is 9.37. The maximum absolute atomic E-state index is 11.9. The van der Waals surface area contributed by atoms with Gasteiger partial charge in [-0.05, 0) is 80.4 Å².